The Morgan fingerprint density at radius 2 is 2.06 bits per heavy atom. The molecule has 88 valence electrons. The van der Waals surface area contributed by atoms with Crippen molar-refractivity contribution in [3.8, 4) is 5.75 Å². The van der Waals surface area contributed by atoms with E-state index in [2.05, 4.69) is 11.9 Å². The van der Waals surface area contributed by atoms with Crippen LogP contribution < -0.4 is 10.1 Å². The first-order valence-electron chi connectivity index (χ1n) is 5.34. The van der Waals surface area contributed by atoms with Crippen LogP contribution in [0.15, 0.2) is 30.8 Å². The van der Waals surface area contributed by atoms with Gasteiger partial charge in [-0.3, -0.25) is 0 Å². The highest BCUT2D eigenvalue weighted by atomic mass is 16.5. The number of benzene rings is 1. The number of rotatable bonds is 6. The van der Waals surface area contributed by atoms with Gasteiger partial charge in [0.05, 0.1) is 13.2 Å². The molecule has 2 N–H and O–H groups in total. The summed E-state index contributed by atoms with van der Waals surface area (Å²) in [5, 5.41) is 12.2. The van der Waals surface area contributed by atoms with Crippen molar-refractivity contribution in [3.63, 3.8) is 0 Å². The number of hydrogen-bond donors (Lipinski definition) is 2. The van der Waals surface area contributed by atoms with Crippen molar-refractivity contribution in [2.75, 3.05) is 20.2 Å². The molecule has 1 aromatic carbocycles. The molecule has 0 amide bonds. The Morgan fingerprint density at radius 3 is 2.56 bits per heavy atom. The number of hydrogen-bond acceptors (Lipinski definition) is 3. The van der Waals surface area contributed by atoms with Gasteiger partial charge in [0.2, 0.25) is 0 Å². The SMILES string of the molecule is C=C(CNCC(C)O)c1ccc(OC)cc1. The molecule has 0 bridgehead atoms. The minimum Gasteiger partial charge on any atom is -0.497 e. The minimum absolute atomic E-state index is 0.330. The van der Waals surface area contributed by atoms with Crippen LogP contribution in [-0.4, -0.2) is 31.4 Å². The predicted octanol–water partition coefficient (Wildman–Crippen LogP) is 1.68. The zero-order valence-corrected chi connectivity index (χ0v) is 9.86. The lowest BCUT2D eigenvalue weighted by Gasteiger charge is -2.10. The number of aliphatic hydroxyl groups is 1. The molecular formula is C13H19NO2. The van der Waals surface area contributed by atoms with Crippen molar-refractivity contribution in [2.45, 2.75) is 13.0 Å². The van der Waals surface area contributed by atoms with Gasteiger partial charge in [-0.2, -0.15) is 0 Å². The Hall–Kier alpha value is -1.32. The summed E-state index contributed by atoms with van der Waals surface area (Å²) in [4.78, 5) is 0. The Morgan fingerprint density at radius 1 is 1.44 bits per heavy atom. The van der Waals surface area contributed by atoms with Crippen LogP contribution in [0.4, 0.5) is 0 Å². The van der Waals surface area contributed by atoms with Gasteiger partial charge in [0.15, 0.2) is 0 Å². The maximum Gasteiger partial charge on any atom is 0.118 e. The van der Waals surface area contributed by atoms with Crippen LogP contribution in [-0.2, 0) is 0 Å². The van der Waals surface area contributed by atoms with Crippen molar-refractivity contribution >= 4 is 5.57 Å². The molecule has 0 saturated heterocycles. The summed E-state index contributed by atoms with van der Waals surface area (Å²) >= 11 is 0. The number of nitrogens with one attached hydrogen (secondary N) is 1. The average Bonchev–Trinajstić information content (AvgIpc) is 2.28. The van der Waals surface area contributed by atoms with E-state index in [9.17, 15) is 0 Å². The molecule has 0 heterocycles. The topological polar surface area (TPSA) is 41.5 Å². The maximum atomic E-state index is 9.10. The number of aliphatic hydroxyl groups excluding tert-OH is 1. The monoisotopic (exact) mass is 221 g/mol. The normalized spacial score (nSPS) is 12.2. The lowest BCUT2D eigenvalue weighted by molar-refractivity contribution is 0.193. The van der Waals surface area contributed by atoms with Crippen molar-refractivity contribution in [3.05, 3.63) is 36.4 Å². The summed E-state index contributed by atoms with van der Waals surface area (Å²) in [5.41, 5.74) is 2.09. The summed E-state index contributed by atoms with van der Waals surface area (Å²) < 4.78 is 5.08. The van der Waals surface area contributed by atoms with Gasteiger partial charge < -0.3 is 15.2 Å². The third kappa shape index (κ3) is 4.04. The van der Waals surface area contributed by atoms with Crippen LogP contribution >= 0.6 is 0 Å². The van der Waals surface area contributed by atoms with E-state index in [-0.39, 0.29) is 6.10 Å². The zero-order chi connectivity index (χ0) is 12.0. The van der Waals surface area contributed by atoms with E-state index in [1.807, 2.05) is 24.3 Å². The first kappa shape index (κ1) is 12.7. The molecule has 1 atom stereocenters. The van der Waals surface area contributed by atoms with Crippen LogP contribution in [0.25, 0.3) is 5.57 Å². The van der Waals surface area contributed by atoms with Crippen LogP contribution in [0.1, 0.15) is 12.5 Å². The average molecular weight is 221 g/mol. The van der Waals surface area contributed by atoms with Gasteiger partial charge in [0.25, 0.3) is 0 Å². The molecule has 1 aromatic rings. The zero-order valence-electron chi connectivity index (χ0n) is 9.86. The lowest BCUT2D eigenvalue weighted by Crippen LogP contribution is -2.25. The van der Waals surface area contributed by atoms with Crippen LogP contribution in [0.3, 0.4) is 0 Å². The molecule has 3 heteroatoms. The van der Waals surface area contributed by atoms with Gasteiger partial charge in [-0.1, -0.05) is 18.7 Å². The smallest absolute Gasteiger partial charge is 0.118 e. The first-order chi connectivity index (χ1) is 7.63. The van der Waals surface area contributed by atoms with E-state index >= 15 is 0 Å². The molecule has 0 aromatic heterocycles. The fourth-order valence-corrected chi connectivity index (χ4v) is 1.36. The van der Waals surface area contributed by atoms with E-state index in [1.165, 1.54) is 0 Å². The molecule has 0 fully saturated rings. The fraction of sp³-hybridized carbons (Fsp3) is 0.385. The Balaban J connectivity index is 2.46. The van der Waals surface area contributed by atoms with Crippen LogP contribution in [0.5, 0.6) is 5.75 Å². The minimum atomic E-state index is -0.330. The molecule has 0 spiro atoms. The van der Waals surface area contributed by atoms with Crippen molar-refractivity contribution < 1.29 is 9.84 Å². The molecule has 0 aliphatic heterocycles. The molecule has 0 saturated carbocycles. The summed E-state index contributed by atoms with van der Waals surface area (Å²) in [6.07, 6.45) is -0.330. The largest absolute Gasteiger partial charge is 0.497 e. The highest BCUT2D eigenvalue weighted by Gasteiger charge is 2.00. The summed E-state index contributed by atoms with van der Waals surface area (Å²) in [6, 6.07) is 7.78. The molecular weight excluding hydrogens is 202 g/mol. The molecule has 0 aliphatic carbocycles. The molecule has 0 radical (unpaired) electrons. The van der Waals surface area contributed by atoms with Crippen molar-refractivity contribution in [2.24, 2.45) is 0 Å². The number of ether oxygens (including phenoxy) is 1. The second-order valence-electron chi connectivity index (χ2n) is 3.81. The predicted molar refractivity (Wildman–Crippen MR) is 66.6 cm³/mol. The third-order valence-electron chi connectivity index (χ3n) is 2.28. The van der Waals surface area contributed by atoms with Crippen LogP contribution in [0.2, 0.25) is 0 Å². The van der Waals surface area contributed by atoms with Gasteiger partial charge in [-0.05, 0) is 30.2 Å². The Labute approximate surface area is 96.8 Å². The summed E-state index contributed by atoms with van der Waals surface area (Å²) in [5.74, 6) is 0.841. The fourth-order valence-electron chi connectivity index (χ4n) is 1.36. The Bertz CT molecular complexity index is 330. The summed E-state index contributed by atoms with van der Waals surface area (Å²) in [6.45, 7) is 7.00. The highest BCUT2D eigenvalue weighted by molar-refractivity contribution is 5.65. The van der Waals surface area contributed by atoms with E-state index in [0.717, 1.165) is 16.9 Å². The lowest BCUT2D eigenvalue weighted by atomic mass is 10.1. The summed E-state index contributed by atoms with van der Waals surface area (Å²) in [7, 11) is 1.65. The highest BCUT2D eigenvalue weighted by Crippen LogP contribution is 2.16. The van der Waals surface area contributed by atoms with Gasteiger partial charge >= 0.3 is 0 Å². The first-order valence-corrected chi connectivity index (χ1v) is 5.34. The van der Waals surface area contributed by atoms with Gasteiger partial charge in [-0.15, -0.1) is 0 Å². The quantitative estimate of drug-likeness (QED) is 0.768. The molecule has 16 heavy (non-hydrogen) atoms. The number of methoxy groups -OCH3 is 1. The van der Waals surface area contributed by atoms with Gasteiger partial charge in [-0.25, -0.2) is 0 Å². The van der Waals surface area contributed by atoms with E-state index < -0.39 is 0 Å². The molecule has 0 aliphatic rings. The van der Waals surface area contributed by atoms with E-state index in [4.69, 9.17) is 9.84 Å². The molecule has 3 nitrogen and oxygen atoms in total. The second-order valence-corrected chi connectivity index (χ2v) is 3.81. The standard InChI is InChI=1S/C13H19NO2/c1-10(8-14-9-11(2)15)12-4-6-13(16-3)7-5-12/h4-7,11,14-15H,1,8-9H2,2-3H3. The van der Waals surface area contributed by atoms with Crippen molar-refractivity contribution in [1.82, 2.24) is 5.32 Å². The molecule has 1 unspecified atom stereocenters. The Kier molecular flexibility index (Phi) is 5.02. The molecule has 1 rings (SSSR count). The maximum absolute atomic E-state index is 9.10. The van der Waals surface area contributed by atoms with E-state index in [1.54, 1.807) is 14.0 Å². The van der Waals surface area contributed by atoms with Gasteiger partial charge in [0.1, 0.15) is 5.75 Å². The third-order valence-corrected chi connectivity index (χ3v) is 2.28. The second kappa shape index (κ2) is 6.30. The van der Waals surface area contributed by atoms with Crippen molar-refractivity contribution in [1.29, 1.82) is 0 Å². The van der Waals surface area contributed by atoms with E-state index in [0.29, 0.717) is 13.1 Å². The van der Waals surface area contributed by atoms with Crippen LogP contribution in [0, 0.1) is 0 Å². The van der Waals surface area contributed by atoms with Gasteiger partial charge in [0, 0.05) is 13.1 Å².